The maximum atomic E-state index is 2.35. The predicted molar refractivity (Wildman–Crippen MR) is 68.0 cm³/mol. The van der Waals surface area contributed by atoms with E-state index in [1.165, 1.54) is 64.8 Å². The highest BCUT2D eigenvalue weighted by atomic mass is 15.2. The zero-order valence-corrected chi connectivity index (χ0v) is 11.2. The topological polar surface area (TPSA) is 8.88 Å². The second kappa shape index (κ2) is 6.02. The monoisotopic (exact) mass is 226 g/mol. The summed E-state index contributed by atoms with van der Waals surface area (Å²) in [6.07, 6.45) is 7.36. The molecule has 1 atom stereocenters. The molecule has 1 unspecified atom stereocenters. The quantitative estimate of drug-likeness (QED) is 0.618. The van der Waals surface area contributed by atoms with Gasteiger partial charge in [0.1, 0.15) is 0 Å². The van der Waals surface area contributed by atoms with Crippen molar-refractivity contribution >= 4 is 0 Å². The van der Waals surface area contributed by atoms with Gasteiger partial charge in [-0.1, -0.05) is 6.92 Å². The molecule has 2 fully saturated rings. The Bertz CT molecular complexity index is 193. The molecule has 0 aromatic carbocycles. The van der Waals surface area contributed by atoms with Crippen molar-refractivity contribution in [2.24, 2.45) is 5.92 Å². The third kappa shape index (κ3) is 3.46. The van der Waals surface area contributed by atoms with Gasteiger partial charge >= 0.3 is 0 Å². The fourth-order valence-corrected chi connectivity index (χ4v) is 3.27. The van der Waals surface area contributed by atoms with E-state index in [2.05, 4.69) is 13.8 Å². The van der Waals surface area contributed by atoms with Crippen LogP contribution in [0.1, 0.15) is 46.0 Å². The first kappa shape index (κ1) is 12.4. The summed E-state index contributed by atoms with van der Waals surface area (Å²) < 4.78 is 0. The summed E-state index contributed by atoms with van der Waals surface area (Å²) in [7, 11) is 0. The van der Waals surface area contributed by atoms with Crippen LogP contribution in [0.3, 0.4) is 0 Å². The SMILES string of the molecule is CCC[NH+](CC1CC1)C1CC[NH+](CC)CC1. The average Bonchev–Trinajstić information content (AvgIpc) is 3.13. The molecule has 1 saturated heterocycles. The molecule has 2 N–H and O–H groups in total. The minimum Gasteiger partial charge on any atom is -0.335 e. The molecule has 1 aliphatic carbocycles. The van der Waals surface area contributed by atoms with Gasteiger partial charge in [0.2, 0.25) is 0 Å². The molecule has 0 aromatic rings. The molecular formula is C14H30N2+2. The van der Waals surface area contributed by atoms with Crippen molar-refractivity contribution in [3.63, 3.8) is 0 Å². The first-order valence-electron chi connectivity index (χ1n) is 7.51. The maximum absolute atomic E-state index is 2.35. The van der Waals surface area contributed by atoms with Crippen molar-refractivity contribution in [1.82, 2.24) is 0 Å². The van der Waals surface area contributed by atoms with Gasteiger partial charge in [-0.25, -0.2) is 0 Å². The van der Waals surface area contributed by atoms with Crippen molar-refractivity contribution in [2.45, 2.75) is 52.0 Å². The molecule has 0 amide bonds. The smallest absolute Gasteiger partial charge is 0.0983 e. The Labute approximate surface area is 101 Å². The first-order chi connectivity index (χ1) is 7.83. The minimum absolute atomic E-state index is 0.996. The zero-order valence-electron chi connectivity index (χ0n) is 11.2. The second-order valence-corrected chi connectivity index (χ2v) is 5.93. The average molecular weight is 226 g/mol. The van der Waals surface area contributed by atoms with Crippen molar-refractivity contribution < 1.29 is 9.80 Å². The predicted octanol–water partition coefficient (Wildman–Crippen LogP) is -0.241. The Kier molecular flexibility index (Phi) is 4.66. The summed E-state index contributed by atoms with van der Waals surface area (Å²) in [6, 6.07) is 0.996. The molecule has 2 aliphatic rings. The van der Waals surface area contributed by atoms with E-state index in [0.717, 1.165) is 12.0 Å². The highest BCUT2D eigenvalue weighted by Crippen LogP contribution is 2.26. The van der Waals surface area contributed by atoms with Crippen LogP contribution in [0.25, 0.3) is 0 Å². The highest BCUT2D eigenvalue weighted by Gasteiger charge is 2.33. The van der Waals surface area contributed by atoms with Gasteiger partial charge in [0.15, 0.2) is 0 Å². The number of nitrogens with one attached hydrogen (secondary N) is 2. The summed E-state index contributed by atoms with van der Waals surface area (Å²) in [5.74, 6) is 1.10. The highest BCUT2D eigenvalue weighted by molar-refractivity contribution is 4.72. The van der Waals surface area contributed by atoms with Crippen LogP contribution in [-0.2, 0) is 0 Å². The molecule has 94 valence electrons. The maximum Gasteiger partial charge on any atom is 0.0983 e. The molecule has 1 aliphatic heterocycles. The molecule has 2 rings (SSSR count). The van der Waals surface area contributed by atoms with Crippen LogP contribution in [-0.4, -0.2) is 38.8 Å². The molecule has 0 spiro atoms. The summed E-state index contributed by atoms with van der Waals surface area (Å²) >= 11 is 0. The second-order valence-electron chi connectivity index (χ2n) is 5.93. The molecule has 0 bridgehead atoms. The lowest BCUT2D eigenvalue weighted by molar-refractivity contribution is -0.958. The summed E-state index contributed by atoms with van der Waals surface area (Å²) in [6.45, 7) is 11.8. The summed E-state index contributed by atoms with van der Waals surface area (Å²) in [4.78, 5) is 3.78. The van der Waals surface area contributed by atoms with Gasteiger partial charge in [0, 0.05) is 18.8 Å². The van der Waals surface area contributed by atoms with Gasteiger partial charge in [-0.15, -0.1) is 0 Å². The van der Waals surface area contributed by atoms with E-state index in [9.17, 15) is 0 Å². The Morgan fingerprint density at radius 2 is 1.75 bits per heavy atom. The van der Waals surface area contributed by atoms with Crippen molar-refractivity contribution in [3.05, 3.63) is 0 Å². The van der Waals surface area contributed by atoms with Crippen LogP contribution in [0.5, 0.6) is 0 Å². The lowest BCUT2D eigenvalue weighted by Crippen LogP contribution is -3.20. The molecule has 2 nitrogen and oxygen atoms in total. The number of hydrogen-bond donors (Lipinski definition) is 2. The van der Waals surface area contributed by atoms with Gasteiger partial charge in [0.25, 0.3) is 0 Å². The van der Waals surface area contributed by atoms with Crippen molar-refractivity contribution in [2.75, 3.05) is 32.7 Å². The number of rotatable bonds is 6. The Morgan fingerprint density at radius 1 is 1.06 bits per heavy atom. The molecular weight excluding hydrogens is 196 g/mol. The van der Waals surface area contributed by atoms with E-state index in [1.807, 2.05) is 9.80 Å². The summed E-state index contributed by atoms with van der Waals surface area (Å²) in [5, 5.41) is 0. The lowest BCUT2D eigenvalue weighted by Gasteiger charge is -2.34. The van der Waals surface area contributed by atoms with E-state index in [4.69, 9.17) is 0 Å². The van der Waals surface area contributed by atoms with E-state index >= 15 is 0 Å². The zero-order chi connectivity index (χ0) is 11.4. The standard InChI is InChI=1S/C14H28N2/c1-3-9-16(12-13-5-6-13)14-7-10-15(4-2)11-8-14/h13-14H,3-12H2,1-2H3/p+2. The van der Waals surface area contributed by atoms with Crippen molar-refractivity contribution in [1.29, 1.82) is 0 Å². The number of likely N-dealkylation sites (tertiary alicyclic amines) is 1. The largest absolute Gasteiger partial charge is 0.335 e. The Morgan fingerprint density at radius 3 is 2.25 bits per heavy atom. The van der Waals surface area contributed by atoms with Crippen molar-refractivity contribution in [3.8, 4) is 0 Å². The molecule has 16 heavy (non-hydrogen) atoms. The lowest BCUT2D eigenvalue weighted by atomic mass is 10.0. The first-order valence-corrected chi connectivity index (χ1v) is 7.51. The Hall–Kier alpha value is -0.0800. The number of quaternary nitrogens is 2. The van der Waals surface area contributed by atoms with Crippen LogP contribution < -0.4 is 9.80 Å². The molecule has 0 radical (unpaired) electrons. The number of hydrogen-bond acceptors (Lipinski definition) is 0. The van der Waals surface area contributed by atoms with E-state index in [0.29, 0.717) is 0 Å². The summed E-state index contributed by atoms with van der Waals surface area (Å²) in [5.41, 5.74) is 0. The van der Waals surface area contributed by atoms with E-state index < -0.39 is 0 Å². The molecule has 1 heterocycles. The fraction of sp³-hybridized carbons (Fsp3) is 1.00. The van der Waals surface area contributed by atoms with Crippen LogP contribution in [0, 0.1) is 5.92 Å². The minimum atomic E-state index is 0.996. The van der Waals surface area contributed by atoms with E-state index in [1.54, 1.807) is 0 Å². The van der Waals surface area contributed by atoms with Crippen LogP contribution in [0.15, 0.2) is 0 Å². The third-order valence-corrected chi connectivity index (χ3v) is 4.59. The van der Waals surface area contributed by atoms with Gasteiger partial charge in [-0.3, -0.25) is 0 Å². The number of piperidine rings is 1. The normalized spacial score (nSPS) is 32.6. The van der Waals surface area contributed by atoms with Crippen LogP contribution >= 0.6 is 0 Å². The fourth-order valence-electron chi connectivity index (χ4n) is 3.27. The molecule has 1 saturated carbocycles. The van der Waals surface area contributed by atoms with Gasteiger partial charge < -0.3 is 9.80 Å². The van der Waals surface area contributed by atoms with Gasteiger partial charge in [-0.2, -0.15) is 0 Å². The van der Waals surface area contributed by atoms with Gasteiger partial charge in [0.05, 0.1) is 38.8 Å². The van der Waals surface area contributed by atoms with E-state index in [-0.39, 0.29) is 0 Å². The third-order valence-electron chi connectivity index (χ3n) is 4.59. The molecule has 0 aromatic heterocycles. The Balaban J connectivity index is 1.78. The molecule has 2 heteroatoms. The van der Waals surface area contributed by atoms with Gasteiger partial charge in [-0.05, 0) is 26.2 Å². The van der Waals surface area contributed by atoms with Crippen LogP contribution in [0.4, 0.5) is 0 Å². The van der Waals surface area contributed by atoms with Crippen LogP contribution in [0.2, 0.25) is 0 Å².